The molecule has 0 radical (unpaired) electrons. The molecule has 1 unspecified atom stereocenters. The molecule has 8 nitrogen and oxygen atoms in total. The Bertz CT molecular complexity index is 1450. The largest absolute Gasteiger partial charge is 0.495 e. The second-order valence-electron chi connectivity index (χ2n) is 9.20. The van der Waals surface area contributed by atoms with Gasteiger partial charge in [0.15, 0.2) is 0 Å². The van der Waals surface area contributed by atoms with Crippen molar-refractivity contribution >= 4 is 62.3 Å². The van der Waals surface area contributed by atoms with Gasteiger partial charge in [0.2, 0.25) is 11.8 Å². The summed E-state index contributed by atoms with van der Waals surface area (Å²) < 4.78 is 34.2. The molecule has 0 saturated heterocycles. The van der Waals surface area contributed by atoms with Gasteiger partial charge in [-0.2, -0.15) is 0 Å². The van der Waals surface area contributed by atoms with Crippen molar-refractivity contribution in [2.75, 3.05) is 18.0 Å². The third-order valence-electron chi connectivity index (χ3n) is 6.01. The number of nitrogens with zero attached hydrogens (tertiary/aromatic N) is 2. The van der Waals surface area contributed by atoms with Gasteiger partial charge in [-0.25, -0.2) is 8.42 Å². The lowest BCUT2D eigenvalue weighted by Gasteiger charge is -2.33. The minimum absolute atomic E-state index is 0.0453. The molecule has 12 heteroatoms. The Morgan fingerprint density at radius 3 is 2.12 bits per heavy atom. The molecule has 0 aliphatic carbocycles. The molecular weight excluding hydrogens is 597 g/mol. The van der Waals surface area contributed by atoms with Crippen LogP contribution in [0.5, 0.6) is 5.75 Å². The number of ether oxygens (including phenoxy) is 1. The Kier molecular flexibility index (Phi) is 10.7. The summed E-state index contributed by atoms with van der Waals surface area (Å²) in [5, 5.41) is 3.62. The van der Waals surface area contributed by atoms with Crippen LogP contribution in [0.25, 0.3) is 0 Å². The standard InChI is InChI=1S/C28H30Cl3N3O5S/c1-18(2)32-28(36)19(3)33(16-22-23(30)11-8-12-24(22)31)27(35)17-34(25-15-20(29)13-14-26(25)39-4)40(37,38)21-9-6-5-7-10-21/h5-15,18-19H,16-17H2,1-4H3,(H,32,36). The van der Waals surface area contributed by atoms with E-state index < -0.39 is 34.4 Å². The number of methoxy groups -OCH3 is 1. The topological polar surface area (TPSA) is 96.0 Å². The van der Waals surface area contributed by atoms with E-state index in [1.54, 1.807) is 63.2 Å². The summed E-state index contributed by atoms with van der Waals surface area (Å²) in [6.07, 6.45) is 0. The molecule has 0 aromatic heterocycles. The maximum absolute atomic E-state index is 14.0. The molecule has 3 rings (SSSR count). The fourth-order valence-corrected chi connectivity index (χ4v) is 6.05. The molecule has 3 aromatic carbocycles. The van der Waals surface area contributed by atoms with Crippen molar-refractivity contribution in [3.8, 4) is 5.75 Å². The van der Waals surface area contributed by atoms with Gasteiger partial charge in [0.25, 0.3) is 10.0 Å². The summed E-state index contributed by atoms with van der Waals surface area (Å²) in [4.78, 5) is 28.3. The van der Waals surface area contributed by atoms with Gasteiger partial charge in [-0.3, -0.25) is 13.9 Å². The quantitative estimate of drug-likeness (QED) is 0.291. The molecule has 0 saturated carbocycles. The van der Waals surface area contributed by atoms with Gasteiger partial charge in [0, 0.05) is 33.2 Å². The third-order valence-corrected chi connectivity index (χ3v) is 8.73. The Balaban J connectivity index is 2.13. The molecule has 1 atom stereocenters. The van der Waals surface area contributed by atoms with Crippen LogP contribution < -0.4 is 14.4 Å². The SMILES string of the molecule is COc1ccc(Cl)cc1N(CC(=O)N(Cc1c(Cl)cccc1Cl)C(C)C(=O)NC(C)C)S(=O)(=O)c1ccccc1. The van der Waals surface area contributed by atoms with Crippen molar-refractivity contribution in [1.82, 2.24) is 10.2 Å². The van der Waals surface area contributed by atoms with Crippen molar-refractivity contribution in [3.05, 3.63) is 87.4 Å². The van der Waals surface area contributed by atoms with E-state index >= 15 is 0 Å². The molecule has 0 aliphatic heterocycles. The lowest BCUT2D eigenvalue weighted by molar-refractivity contribution is -0.139. The van der Waals surface area contributed by atoms with E-state index in [9.17, 15) is 18.0 Å². The van der Waals surface area contributed by atoms with E-state index in [2.05, 4.69) is 5.32 Å². The van der Waals surface area contributed by atoms with Crippen molar-refractivity contribution < 1.29 is 22.7 Å². The molecular formula is C28H30Cl3N3O5S. The second-order valence-corrected chi connectivity index (χ2v) is 12.3. The number of rotatable bonds is 11. The smallest absolute Gasteiger partial charge is 0.264 e. The number of anilines is 1. The van der Waals surface area contributed by atoms with Crippen molar-refractivity contribution in [3.63, 3.8) is 0 Å². The highest BCUT2D eigenvalue weighted by molar-refractivity contribution is 7.92. The number of benzene rings is 3. The summed E-state index contributed by atoms with van der Waals surface area (Å²) in [7, 11) is -2.91. The van der Waals surface area contributed by atoms with E-state index in [4.69, 9.17) is 39.5 Å². The van der Waals surface area contributed by atoms with E-state index in [1.807, 2.05) is 0 Å². The van der Waals surface area contributed by atoms with Crippen molar-refractivity contribution in [2.24, 2.45) is 0 Å². The third kappa shape index (κ3) is 7.40. The monoisotopic (exact) mass is 625 g/mol. The highest BCUT2D eigenvalue weighted by atomic mass is 35.5. The molecule has 214 valence electrons. The van der Waals surface area contributed by atoms with Crippen molar-refractivity contribution in [1.29, 1.82) is 0 Å². The molecule has 40 heavy (non-hydrogen) atoms. The average molecular weight is 627 g/mol. The number of hydrogen-bond acceptors (Lipinski definition) is 5. The van der Waals surface area contributed by atoms with Gasteiger partial charge in [0.05, 0.1) is 17.7 Å². The molecule has 0 spiro atoms. The predicted octanol–water partition coefficient (Wildman–Crippen LogP) is 5.79. The maximum atomic E-state index is 14.0. The first-order valence-corrected chi connectivity index (χ1v) is 14.9. The fraction of sp³-hybridized carbons (Fsp3) is 0.286. The number of sulfonamides is 1. The fourth-order valence-electron chi connectivity index (χ4n) is 3.93. The zero-order valence-corrected chi connectivity index (χ0v) is 25.5. The first-order valence-electron chi connectivity index (χ1n) is 12.3. The number of hydrogen-bond donors (Lipinski definition) is 1. The molecule has 0 fully saturated rings. The first-order chi connectivity index (χ1) is 18.9. The minimum atomic E-state index is -4.29. The minimum Gasteiger partial charge on any atom is -0.495 e. The highest BCUT2D eigenvalue weighted by Crippen LogP contribution is 2.35. The molecule has 3 aromatic rings. The predicted molar refractivity (Wildman–Crippen MR) is 159 cm³/mol. The number of nitrogens with one attached hydrogen (secondary N) is 1. The maximum Gasteiger partial charge on any atom is 0.264 e. The molecule has 0 aliphatic rings. The first kappa shape index (κ1) is 31.5. The van der Waals surface area contributed by atoms with E-state index in [-0.39, 0.29) is 33.9 Å². The van der Waals surface area contributed by atoms with Crippen LogP contribution in [0.1, 0.15) is 26.3 Å². The lowest BCUT2D eigenvalue weighted by atomic mass is 10.1. The van der Waals surface area contributed by atoms with Crippen molar-refractivity contribution in [2.45, 2.75) is 44.3 Å². The van der Waals surface area contributed by atoms with Crippen LogP contribution in [-0.2, 0) is 26.2 Å². The van der Waals surface area contributed by atoms with E-state index in [1.165, 1.54) is 36.3 Å². The molecule has 2 amide bonds. The Labute approximate surface area is 249 Å². The zero-order chi connectivity index (χ0) is 29.6. The summed E-state index contributed by atoms with van der Waals surface area (Å²) in [6.45, 7) is 4.32. The molecule has 0 bridgehead atoms. The van der Waals surface area contributed by atoms with Crippen LogP contribution in [-0.4, -0.2) is 50.9 Å². The van der Waals surface area contributed by atoms with Gasteiger partial charge in [-0.05, 0) is 63.2 Å². The van der Waals surface area contributed by atoms with E-state index in [0.717, 1.165) is 4.31 Å². The number of amides is 2. The highest BCUT2D eigenvalue weighted by Gasteiger charge is 2.34. The summed E-state index contributed by atoms with van der Waals surface area (Å²) in [5.74, 6) is -0.920. The zero-order valence-electron chi connectivity index (χ0n) is 22.4. The van der Waals surface area contributed by atoms with Gasteiger partial charge >= 0.3 is 0 Å². The Morgan fingerprint density at radius 2 is 1.55 bits per heavy atom. The van der Waals surface area contributed by atoms with Crippen LogP contribution in [0.2, 0.25) is 15.1 Å². The summed E-state index contributed by atoms with van der Waals surface area (Å²) in [6, 6.07) is 15.8. The number of carbonyl (C=O) groups is 2. The molecule has 1 N–H and O–H groups in total. The van der Waals surface area contributed by atoms with Crippen LogP contribution >= 0.6 is 34.8 Å². The van der Waals surface area contributed by atoms with E-state index in [0.29, 0.717) is 15.6 Å². The molecule has 0 heterocycles. The van der Waals surface area contributed by atoms with Crippen LogP contribution in [0, 0.1) is 0 Å². The normalized spacial score (nSPS) is 12.1. The Hall–Kier alpha value is -2.98. The van der Waals surface area contributed by atoms with Gasteiger partial charge < -0.3 is 15.0 Å². The Morgan fingerprint density at radius 1 is 0.925 bits per heavy atom. The average Bonchev–Trinajstić information content (AvgIpc) is 2.91. The van der Waals surface area contributed by atoms with Crippen LogP contribution in [0.15, 0.2) is 71.6 Å². The van der Waals surface area contributed by atoms with Crippen LogP contribution in [0.3, 0.4) is 0 Å². The van der Waals surface area contributed by atoms with Gasteiger partial charge in [-0.1, -0.05) is 59.1 Å². The lowest BCUT2D eigenvalue weighted by Crippen LogP contribution is -2.52. The van der Waals surface area contributed by atoms with Gasteiger partial charge in [-0.15, -0.1) is 0 Å². The van der Waals surface area contributed by atoms with Crippen LogP contribution in [0.4, 0.5) is 5.69 Å². The number of carbonyl (C=O) groups excluding carboxylic acids is 2. The second kappa shape index (κ2) is 13.6. The summed E-state index contributed by atoms with van der Waals surface area (Å²) in [5.41, 5.74) is 0.475. The summed E-state index contributed by atoms with van der Waals surface area (Å²) >= 11 is 19.0. The number of halogens is 3. The van der Waals surface area contributed by atoms with Gasteiger partial charge in [0.1, 0.15) is 18.3 Å².